The fourth-order valence-corrected chi connectivity index (χ4v) is 1.14. The molecule has 0 saturated heterocycles. The molecule has 0 spiro atoms. The SMILES string of the molecule is C=C[SiH](C)COC(=O)OCCCC. The summed E-state index contributed by atoms with van der Waals surface area (Å²) in [4.78, 5) is 10.9. The van der Waals surface area contributed by atoms with E-state index in [1.54, 1.807) is 0 Å². The number of carbonyl (C=O) groups is 1. The predicted octanol–water partition coefficient (Wildman–Crippen LogP) is 2.06. The quantitative estimate of drug-likeness (QED) is 0.376. The van der Waals surface area contributed by atoms with Crippen LogP contribution in [0, 0.1) is 0 Å². The highest BCUT2D eigenvalue weighted by molar-refractivity contribution is 6.62. The zero-order valence-corrected chi connectivity index (χ0v) is 9.57. The molecule has 1 atom stereocenters. The fraction of sp³-hybridized carbons (Fsp3) is 0.667. The van der Waals surface area contributed by atoms with Gasteiger partial charge in [0.15, 0.2) is 0 Å². The number of ether oxygens (including phenoxy) is 2. The summed E-state index contributed by atoms with van der Waals surface area (Å²) in [7, 11) is -1.04. The Morgan fingerprint density at radius 2 is 2.23 bits per heavy atom. The number of hydrogen-bond acceptors (Lipinski definition) is 3. The third kappa shape index (κ3) is 7.58. The van der Waals surface area contributed by atoms with Gasteiger partial charge in [0.1, 0.15) is 8.80 Å². The highest BCUT2D eigenvalue weighted by atomic mass is 28.3. The van der Waals surface area contributed by atoms with Crippen molar-refractivity contribution in [3.8, 4) is 0 Å². The maximum Gasteiger partial charge on any atom is 0.507 e. The van der Waals surface area contributed by atoms with Crippen molar-refractivity contribution >= 4 is 15.0 Å². The summed E-state index contributed by atoms with van der Waals surface area (Å²) in [6, 6.07) is 0. The normalized spacial score (nSPS) is 11.8. The van der Waals surface area contributed by atoms with E-state index < -0.39 is 15.0 Å². The first kappa shape index (κ1) is 12.2. The summed E-state index contributed by atoms with van der Waals surface area (Å²) < 4.78 is 9.67. The third-order valence-corrected chi connectivity index (χ3v) is 3.08. The Morgan fingerprint density at radius 1 is 1.54 bits per heavy atom. The van der Waals surface area contributed by atoms with Gasteiger partial charge in [-0.15, -0.1) is 12.3 Å². The predicted molar refractivity (Wildman–Crippen MR) is 55.4 cm³/mol. The second-order valence-corrected chi connectivity index (χ2v) is 5.74. The summed E-state index contributed by atoms with van der Waals surface area (Å²) in [6.45, 7) is 8.21. The monoisotopic (exact) mass is 202 g/mol. The first-order valence-corrected chi connectivity index (χ1v) is 7.26. The number of unbranched alkanes of at least 4 members (excludes halogenated alkanes) is 1. The lowest BCUT2D eigenvalue weighted by Gasteiger charge is -2.06. The van der Waals surface area contributed by atoms with Crippen molar-refractivity contribution in [2.45, 2.75) is 26.3 Å². The van der Waals surface area contributed by atoms with Crippen LogP contribution in [0.2, 0.25) is 6.55 Å². The minimum atomic E-state index is -1.04. The summed E-state index contributed by atoms with van der Waals surface area (Å²) in [5.41, 5.74) is 1.87. The van der Waals surface area contributed by atoms with Crippen molar-refractivity contribution < 1.29 is 14.3 Å². The maximum atomic E-state index is 10.9. The van der Waals surface area contributed by atoms with Gasteiger partial charge >= 0.3 is 6.16 Å². The van der Waals surface area contributed by atoms with Crippen molar-refractivity contribution in [3.63, 3.8) is 0 Å². The van der Waals surface area contributed by atoms with Gasteiger partial charge in [0.25, 0.3) is 0 Å². The van der Waals surface area contributed by atoms with Crippen LogP contribution in [0.3, 0.4) is 0 Å². The molecule has 3 nitrogen and oxygen atoms in total. The van der Waals surface area contributed by atoms with Crippen molar-refractivity contribution in [2.24, 2.45) is 0 Å². The van der Waals surface area contributed by atoms with Crippen LogP contribution in [0.25, 0.3) is 0 Å². The summed E-state index contributed by atoms with van der Waals surface area (Å²) in [6.07, 6.45) is 1.85. The standard InChI is InChI=1S/C9H18O3Si/c1-4-6-7-11-9(10)12-8-13(3)5-2/h5,13H,2,4,6-8H2,1,3H3. The van der Waals surface area contributed by atoms with Crippen LogP contribution in [0.1, 0.15) is 19.8 Å². The Balaban J connectivity index is 3.35. The molecular weight excluding hydrogens is 184 g/mol. The largest absolute Gasteiger partial charge is 0.507 e. The van der Waals surface area contributed by atoms with E-state index >= 15 is 0 Å². The topological polar surface area (TPSA) is 35.5 Å². The second-order valence-electron chi connectivity index (χ2n) is 2.98. The molecule has 0 bridgehead atoms. The van der Waals surface area contributed by atoms with Crippen LogP contribution in [0.4, 0.5) is 4.79 Å². The lowest BCUT2D eigenvalue weighted by molar-refractivity contribution is 0.0659. The van der Waals surface area contributed by atoms with E-state index in [1.807, 2.05) is 12.6 Å². The molecule has 13 heavy (non-hydrogen) atoms. The average Bonchev–Trinajstić information content (AvgIpc) is 2.14. The number of rotatable bonds is 6. The smallest absolute Gasteiger partial charge is 0.438 e. The van der Waals surface area contributed by atoms with Crippen molar-refractivity contribution in [1.29, 1.82) is 0 Å². The van der Waals surface area contributed by atoms with Gasteiger partial charge in [-0.1, -0.05) is 19.9 Å². The van der Waals surface area contributed by atoms with E-state index in [1.165, 1.54) is 0 Å². The van der Waals surface area contributed by atoms with E-state index in [0.29, 0.717) is 12.8 Å². The molecule has 0 heterocycles. The van der Waals surface area contributed by atoms with Gasteiger partial charge < -0.3 is 9.47 Å². The number of carbonyl (C=O) groups excluding carboxylic acids is 1. The van der Waals surface area contributed by atoms with Crippen molar-refractivity contribution in [1.82, 2.24) is 0 Å². The third-order valence-electron chi connectivity index (χ3n) is 1.58. The lowest BCUT2D eigenvalue weighted by Crippen LogP contribution is -2.18. The molecule has 0 rings (SSSR count). The van der Waals surface area contributed by atoms with Crippen LogP contribution in [-0.4, -0.2) is 27.8 Å². The van der Waals surface area contributed by atoms with Crippen molar-refractivity contribution in [2.75, 3.05) is 12.8 Å². The van der Waals surface area contributed by atoms with E-state index in [4.69, 9.17) is 9.47 Å². The Bertz CT molecular complexity index is 159. The first-order chi connectivity index (χ1) is 6.20. The Morgan fingerprint density at radius 3 is 2.77 bits per heavy atom. The van der Waals surface area contributed by atoms with Crippen LogP contribution >= 0.6 is 0 Å². The molecule has 0 radical (unpaired) electrons. The van der Waals surface area contributed by atoms with Gasteiger partial charge in [-0.25, -0.2) is 4.79 Å². The van der Waals surface area contributed by atoms with E-state index in [2.05, 4.69) is 13.1 Å². The summed E-state index contributed by atoms with van der Waals surface area (Å²) >= 11 is 0. The Labute approximate surface area is 81.3 Å². The minimum absolute atomic E-state index is 0.458. The van der Waals surface area contributed by atoms with Crippen molar-refractivity contribution in [3.05, 3.63) is 12.3 Å². The zero-order valence-electron chi connectivity index (χ0n) is 8.41. The molecule has 0 aliphatic heterocycles. The van der Waals surface area contributed by atoms with E-state index in [0.717, 1.165) is 12.8 Å². The second kappa shape index (κ2) is 7.85. The average molecular weight is 202 g/mol. The van der Waals surface area contributed by atoms with Crippen LogP contribution in [-0.2, 0) is 9.47 Å². The van der Waals surface area contributed by atoms with Gasteiger partial charge in [-0.2, -0.15) is 0 Å². The molecule has 76 valence electrons. The zero-order chi connectivity index (χ0) is 10.1. The summed E-state index contributed by atoms with van der Waals surface area (Å²) in [5.74, 6) is 0. The molecule has 0 aliphatic rings. The number of hydrogen-bond donors (Lipinski definition) is 0. The first-order valence-electron chi connectivity index (χ1n) is 4.62. The molecule has 0 aromatic rings. The summed E-state index contributed by atoms with van der Waals surface area (Å²) in [5, 5.41) is 0. The lowest BCUT2D eigenvalue weighted by atomic mass is 10.4. The maximum absolute atomic E-state index is 10.9. The van der Waals surface area contributed by atoms with Crippen LogP contribution in [0.15, 0.2) is 12.3 Å². The highest BCUT2D eigenvalue weighted by Gasteiger charge is 2.05. The Hall–Kier alpha value is -0.773. The molecule has 0 aromatic heterocycles. The molecule has 0 fully saturated rings. The highest BCUT2D eigenvalue weighted by Crippen LogP contribution is 1.93. The van der Waals surface area contributed by atoms with Crippen LogP contribution in [0.5, 0.6) is 0 Å². The van der Waals surface area contributed by atoms with E-state index in [9.17, 15) is 4.79 Å². The molecule has 1 unspecified atom stereocenters. The van der Waals surface area contributed by atoms with Gasteiger partial charge in [0, 0.05) is 0 Å². The minimum Gasteiger partial charge on any atom is -0.438 e. The van der Waals surface area contributed by atoms with Gasteiger partial charge in [0.2, 0.25) is 0 Å². The Kier molecular flexibility index (Phi) is 7.39. The van der Waals surface area contributed by atoms with E-state index in [-0.39, 0.29) is 0 Å². The molecule has 0 aromatic carbocycles. The van der Waals surface area contributed by atoms with Gasteiger partial charge in [-0.3, -0.25) is 0 Å². The molecule has 4 heteroatoms. The molecule has 0 amide bonds. The molecule has 0 aliphatic carbocycles. The van der Waals surface area contributed by atoms with Gasteiger partial charge in [0.05, 0.1) is 12.8 Å². The fourth-order valence-electron chi connectivity index (χ4n) is 0.609. The van der Waals surface area contributed by atoms with Gasteiger partial charge in [-0.05, 0) is 6.42 Å². The van der Waals surface area contributed by atoms with Crippen LogP contribution < -0.4 is 0 Å². The molecule has 0 saturated carbocycles. The molecule has 0 N–H and O–H groups in total. The molecular formula is C9H18O3Si.